The lowest BCUT2D eigenvalue weighted by atomic mass is 9.94. The van der Waals surface area contributed by atoms with Gasteiger partial charge in [0.1, 0.15) is 0 Å². The Morgan fingerprint density at radius 2 is 2.00 bits per heavy atom. The standard InChI is InChI=1S/C9H17Cl2O/c1-4-7(2)8(12)5-9(3,11)6-10/h7-8H,4-6H2,1-3H3. The van der Waals surface area contributed by atoms with Gasteiger partial charge < -0.3 is 0 Å². The van der Waals surface area contributed by atoms with Gasteiger partial charge in [-0.05, 0) is 19.3 Å². The van der Waals surface area contributed by atoms with E-state index in [0.717, 1.165) is 6.42 Å². The summed E-state index contributed by atoms with van der Waals surface area (Å²) < 4.78 is 0. The van der Waals surface area contributed by atoms with Crippen molar-refractivity contribution in [3.05, 3.63) is 0 Å². The molecule has 1 radical (unpaired) electrons. The highest BCUT2D eigenvalue weighted by atomic mass is 35.5. The van der Waals surface area contributed by atoms with Gasteiger partial charge in [-0.2, -0.15) is 0 Å². The van der Waals surface area contributed by atoms with Crippen LogP contribution in [0.25, 0.3) is 0 Å². The fraction of sp³-hybridized carbons (Fsp3) is 1.00. The third-order valence-electron chi connectivity index (χ3n) is 2.18. The SMILES string of the molecule is CCC(C)C([O])CC(C)(Cl)CCl. The topological polar surface area (TPSA) is 19.9 Å². The normalized spacial score (nSPS) is 21.5. The predicted octanol–water partition coefficient (Wildman–Crippen LogP) is 3.46. The van der Waals surface area contributed by atoms with Gasteiger partial charge in [0.05, 0.1) is 11.0 Å². The van der Waals surface area contributed by atoms with Gasteiger partial charge in [0.15, 0.2) is 0 Å². The van der Waals surface area contributed by atoms with E-state index < -0.39 is 11.0 Å². The second-order valence-electron chi connectivity index (χ2n) is 3.68. The summed E-state index contributed by atoms with van der Waals surface area (Å²) in [5.74, 6) is 0.523. The molecule has 0 aromatic heterocycles. The molecule has 3 heteroatoms. The van der Waals surface area contributed by atoms with Crippen LogP contribution in [0.2, 0.25) is 0 Å². The zero-order chi connectivity index (χ0) is 9.78. The van der Waals surface area contributed by atoms with Gasteiger partial charge >= 0.3 is 0 Å². The quantitative estimate of drug-likeness (QED) is 0.622. The van der Waals surface area contributed by atoms with Crippen LogP contribution in [-0.4, -0.2) is 16.9 Å². The highest BCUT2D eigenvalue weighted by molar-refractivity contribution is 6.30. The minimum absolute atomic E-state index is 0.186. The van der Waals surface area contributed by atoms with E-state index in [4.69, 9.17) is 23.2 Å². The number of rotatable bonds is 5. The van der Waals surface area contributed by atoms with Crippen LogP contribution in [0.1, 0.15) is 33.6 Å². The van der Waals surface area contributed by atoms with Crippen LogP contribution in [0.3, 0.4) is 0 Å². The molecule has 0 bridgehead atoms. The van der Waals surface area contributed by atoms with Crippen molar-refractivity contribution in [2.24, 2.45) is 5.92 Å². The summed E-state index contributed by atoms with van der Waals surface area (Å²) in [7, 11) is 0. The lowest BCUT2D eigenvalue weighted by molar-refractivity contribution is 0.0287. The zero-order valence-electron chi connectivity index (χ0n) is 7.94. The smallest absolute Gasteiger partial charge is 0.0972 e. The average molecular weight is 212 g/mol. The highest BCUT2D eigenvalue weighted by Crippen LogP contribution is 2.26. The molecule has 73 valence electrons. The molecule has 0 aliphatic heterocycles. The Morgan fingerprint density at radius 3 is 2.33 bits per heavy atom. The first-order valence-electron chi connectivity index (χ1n) is 4.33. The Balaban J connectivity index is 3.90. The van der Waals surface area contributed by atoms with Crippen molar-refractivity contribution in [1.29, 1.82) is 0 Å². The second kappa shape index (κ2) is 5.31. The monoisotopic (exact) mass is 211 g/mol. The fourth-order valence-corrected chi connectivity index (χ4v) is 1.20. The van der Waals surface area contributed by atoms with Crippen LogP contribution in [-0.2, 0) is 5.11 Å². The van der Waals surface area contributed by atoms with E-state index in [9.17, 15) is 5.11 Å². The fourth-order valence-electron chi connectivity index (χ4n) is 0.938. The van der Waals surface area contributed by atoms with E-state index >= 15 is 0 Å². The van der Waals surface area contributed by atoms with Gasteiger partial charge in [-0.15, -0.1) is 23.2 Å². The number of alkyl halides is 2. The van der Waals surface area contributed by atoms with Crippen molar-refractivity contribution in [3.8, 4) is 0 Å². The first-order valence-corrected chi connectivity index (χ1v) is 5.25. The van der Waals surface area contributed by atoms with Gasteiger partial charge in [0, 0.05) is 5.88 Å². The first kappa shape index (κ1) is 12.5. The summed E-state index contributed by atoms with van der Waals surface area (Å²) in [6.07, 6.45) is 0.771. The molecule has 0 rings (SSSR count). The number of hydrogen-bond acceptors (Lipinski definition) is 0. The highest BCUT2D eigenvalue weighted by Gasteiger charge is 2.27. The molecule has 0 aromatic rings. The molecule has 0 aliphatic rings. The molecule has 1 nitrogen and oxygen atoms in total. The molecule has 12 heavy (non-hydrogen) atoms. The van der Waals surface area contributed by atoms with Crippen LogP contribution < -0.4 is 0 Å². The molecule has 0 saturated carbocycles. The molecule has 3 unspecified atom stereocenters. The van der Waals surface area contributed by atoms with Gasteiger partial charge in [-0.25, -0.2) is 5.11 Å². The van der Waals surface area contributed by atoms with Crippen LogP contribution in [0.15, 0.2) is 0 Å². The lowest BCUT2D eigenvalue weighted by Crippen LogP contribution is -2.29. The largest absolute Gasteiger partial charge is 0.233 e. The van der Waals surface area contributed by atoms with Crippen molar-refractivity contribution in [1.82, 2.24) is 0 Å². The van der Waals surface area contributed by atoms with Crippen molar-refractivity contribution in [2.75, 3.05) is 5.88 Å². The van der Waals surface area contributed by atoms with Crippen LogP contribution >= 0.6 is 23.2 Å². The molecule has 0 fully saturated rings. The third kappa shape index (κ3) is 4.54. The van der Waals surface area contributed by atoms with Crippen molar-refractivity contribution in [2.45, 2.75) is 44.6 Å². The minimum atomic E-state index is -0.587. The average Bonchev–Trinajstić information content (AvgIpc) is 2.02. The number of hydrogen-bond donors (Lipinski definition) is 0. The van der Waals surface area contributed by atoms with Gasteiger partial charge in [-0.3, -0.25) is 0 Å². The molecule has 0 amide bonds. The summed E-state index contributed by atoms with van der Waals surface area (Å²) in [6, 6.07) is 0. The Morgan fingerprint density at radius 1 is 1.50 bits per heavy atom. The molecular formula is C9H17Cl2O. The van der Waals surface area contributed by atoms with E-state index in [1.54, 1.807) is 0 Å². The molecule has 0 spiro atoms. The third-order valence-corrected chi connectivity index (χ3v) is 3.20. The van der Waals surface area contributed by atoms with Crippen LogP contribution in [0.4, 0.5) is 0 Å². The van der Waals surface area contributed by atoms with Gasteiger partial charge in [-0.1, -0.05) is 20.3 Å². The summed E-state index contributed by atoms with van der Waals surface area (Å²) in [6.45, 7) is 5.79. The van der Waals surface area contributed by atoms with Crippen LogP contribution in [0, 0.1) is 5.92 Å². The maximum Gasteiger partial charge on any atom is 0.0972 e. The van der Waals surface area contributed by atoms with E-state index in [2.05, 4.69) is 0 Å². The Kier molecular flexibility index (Phi) is 5.55. The molecular weight excluding hydrogens is 195 g/mol. The van der Waals surface area contributed by atoms with Gasteiger partial charge in [0.25, 0.3) is 0 Å². The summed E-state index contributed by atoms with van der Waals surface area (Å²) in [5.41, 5.74) is 0. The van der Waals surface area contributed by atoms with E-state index in [1.807, 2.05) is 20.8 Å². The molecule has 0 aliphatic carbocycles. The van der Waals surface area contributed by atoms with E-state index in [1.165, 1.54) is 0 Å². The predicted molar refractivity (Wildman–Crippen MR) is 53.5 cm³/mol. The van der Waals surface area contributed by atoms with E-state index in [-0.39, 0.29) is 5.92 Å². The van der Waals surface area contributed by atoms with Gasteiger partial charge in [0.2, 0.25) is 0 Å². The molecule has 0 saturated heterocycles. The first-order chi connectivity index (χ1) is 5.43. The van der Waals surface area contributed by atoms with Crippen molar-refractivity contribution >= 4 is 23.2 Å². The Bertz CT molecular complexity index is 126. The molecule has 0 N–H and O–H groups in total. The minimum Gasteiger partial charge on any atom is -0.233 e. The maximum absolute atomic E-state index is 11.5. The summed E-state index contributed by atoms with van der Waals surface area (Å²) in [5, 5.41) is 11.5. The Hall–Kier alpha value is 0.540. The molecule has 3 atom stereocenters. The summed E-state index contributed by atoms with van der Waals surface area (Å²) >= 11 is 11.6. The van der Waals surface area contributed by atoms with Crippen molar-refractivity contribution < 1.29 is 5.11 Å². The second-order valence-corrected chi connectivity index (χ2v) is 4.85. The Labute approximate surface area is 85.1 Å². The summed E-state index contributed by atoms with van der Waals surface area (Å²) in [4.78, 5) is -0.530. The maximum atomic E-state index is 11.5. The van der Waals surface area contributed by atoms with E-state index in [0.29, 0.717) is 12.3 Å². The molecule has 0 heterocycles. The molecule has 0 aromatic carbocycles. The zero-order valence-corrected chi connectivity index (χ0v) is 9.45. The number of halogens is 2. The van der Waals surface area contributed by atoms with Crippen LogP contribution in [0.5, 0.6) is 0 Å². The van der Waals surface area contributed by atoms with Crippen molar-refractivity contribution in [3.63, 3.8) is 0 Å². The lowest BCUT2D eigenvalue weighted by Gasteiger charge is -2.24.